The number of rotatable bonds is 10. The molecule has 0 radical (unpaired) electrons. The first-order valence-corrected chi connectivity index (χ1v) is 9.95. The fourth-order valence-corrected chi connectivity index (χ4v) is 2.96. The van der Waals surface area contributed by atoms with Crippen molar-refractivity contribution in [1.82, 2.24) is 5.32 Å². The molecule has 7 heteroatoms. The van der Waals surface area contributed by atoms with Gasteiger partial charge in [0.15, 0.2) is 0 Å². The molecule has 0 saturated carbocycles. The summed E-state index contributed by atoms with van der Waals surface area (Å²) in [6.07, 6.45) is 8.86. The van der Waals surface area contributed by atoms with Crippen LogP contribution in [0.5, 0.6) is 0 Å². The second-order valence-electron chi connectivity index (χ2n) is 8.32. The van der Waals surface area contributed by atoms with E-state index in [-0.39, 0.29) is 10.5 Å². The van der Waals surface area contributed by atoms with Crippen molar-refractivity contribution >= 4 is 18.5 Å². The van der Waals surface area contributed by atoms with Crippen LogP contribution in [-0.2, 0) is 4.74 Å². The number of carbonyl (C=O) groups excluding carboxylic acids is 1. The molecule has 1 unspecified atom stereocenters. The Balaban J connectivity index is 2.54. The molecule has 27 heavy (non-hydrogen) atoms. The third-order valence-electron chi connectivity index (χ3n) is 4.33. The molecule has 1 aliphatic rings. The number of amides is 2. The molecule has 1 rings (SSSR count). The summed E-state index contributed by atoms with van der Waals surface area (Å²) in [5, 5.41) is 12.4. The Bertz CT molecular complexity index is 566. The highest BCUT2D eigenvalue weighted by Crippen LogP contribution is 2.22. The Morgan fingerprint density at radius 1 is 1.22 bits per heavy atom. The van der Waals surface area contributed by atoms with E-state index in [0.717, 1.165) is 19.3 Å². The number of nitrogens with one attached hydrogen (secondary N) is 1. The maximum atomic E-state index is 11.8. The highest BCUT2D eigenvalue weighted by molar-refractivity contribution is 5.72. The monoisotopic (exact) mass is 382 g/mol. The number of aliphatic imine (C=N–C) groups is 1. The largest absolute Gasteiger partial charge is 0.524 e. The number of unbranched alkanes of at least 4 members (excludes halogenated alkanes) is 5. The van der Waals surface area contributed by atoms with Crippen molar-refractivity contribution in [2.24, 2.45) is 4.99 Å². The van der Waals surface area contributed by atoms with Crippen LogP contribution in [0, 0.1) is 0 Å². The number of hydrogen-bond donors (Lipinski definition) is 2. The predicted molar refractivity (Wildman–Crippen MR) is 107 cm³/mol. The molecule has 0 aliphatic carbocycles. The summed E-state index contributed by atoms with van der Waals surface area (Å²) in [4.78, 5) is 27.9. The molecule has 0 spiro atoms. The van der Waals surface area contributed by atoms with Gasteiger partial charge >= 0.3 is 12.2 Å². The number of ether oxygens (including phenoxy) is 1. The van der Waals surface area contributed by atoms with Gasteiger partial charge in [0.25, 0.3) is 0 Å². The van der Waals surface area contributed by atoms with Crippen LogP contribution in [0.4, 0.5) is 9.59 Å². The van der Waals surface area contributed by atoms with Crippen molar-refractivity contribution in [3.63, 3.8) is 0 Å². The van der Waals surface area contributed by atoms with Crippen molar-refractivity contribution in [3.8, 4) is 0 Å². The molecule has 2 atom stereocenters. The van der Waals surface area contributed by atoms with Gasteiger partial charge in [-0.1, -0.05) is 32.6 Å². The molecule has 0 aromatic carbocycles. The Hall–Kier alpha value is -1.89. The topological polar surface area (TPSA) is 88.0 Å². The summed E-state index contributed by atoms with van der Waals surface area (Å²) in [6.45, 7) is 9.95. The fourth-order valence-electron chi connectivity index (χ4n) is 2.96. The Labute approximate surface area is 163 Å². The number of hydrogen-bond acceptors (Lipinski definition) is 4. The third kappa shape index (κ3) is 8.56. The van der Waals surface area contributed by atoms with Gasteiger partial charge in [-0.25, -0.2) is 9.79 Å². The first-order chi connectivity index (χ1) is 12.6. The molecular formula is C20H36N3O4+. The van der Waals surface area contributed by atoms with E-state index in [1.165, 1.54) is 25.6 Å². The van der Waals surface area contributed by atoms with Gasteiger partial charge in [0, 0.05) is 12.5 Å². The second-order valence-corrected chi connectivity index (χ2v) is 8.32. The molecule has 0 aromatic rings. The number of quaternary nitrogens is 1. The van der Waals surface area contributed by atoms with Gasteiger partial charge in [0.1, 0.15) is 17.5 Å². The quantitative estimate of drug-likeness (QED) is 0.410. The molecule has 7 nitrogen and oxygen atoms in total. The normalized spacial score (nSPS) is 20.3. The average molecular weight is 383 g/mol. The van der Waals surface area contributed by atoms with Gasteiger partial charge in [-0.05, 0) is 40.5 Å². The molecule has 2 amide bonds. The van der Waals surface area contributed by atoms with Crippen molar-refractivity contribution in [1.29, 1.82) is 0 Å². The number of carboxylic acid groups (broad SMARTS) is 1. The van der Waals surface area contributed by atoms with E-state index in [1.807, 2.05) is 27.7 Å². The van der Waals surface area contributed by atoms with Crippen molar-refractivity contribution in [3.05, 3.63) is 11.9 Å². The number of alkyl carbamates (subject to hydrolysis) is 1. The predicted octanol–water partition coefficient (Wildman–Crippen LogP) is 5.03. The summed E-state index contributed by atoms with van der Waals surface area (Å²) in [7, 11) is 0. The number of nitrogens with zero attached hydrogens (tertiary/aromatic N) is 2. The zero-order valence-corrected chi connectivity index (χ0v) is 17.5. The first-order valence-electron chi connectivity index (χ1n) is 9.95. The minimum absolute atomic E-state index is 0.203. The lowest BCUT2D eigenvalue weighted by atomic mass is 10.1. The Kier molecular flexibility index (Phi) is 8.96. The van der Waals surface area contributed by atoms with Gasteiger partial charge in [0.05, 0.1) is 6.54 Å². The summed E-state index contributed by atoms with van der Waals surface area (Å²) >= 11 is 0. The lowest BCUT2D eigenvalue weighted by Crippen LogP contribution is -2.45. The van der Waals surface area contributed by atoms with E-state index in [4.69, 9.17) is 4.74 Å². The molecule has 2 N–H and O–H groups in total. The molecule has 0 aromatic heterocycles. The second kappa shape index (κ2) is 10.4. The van der Waals surface area contributed by atoms with Gasteiger partial charge in [-0.2, -0.15) is 9.28 Å². The van der Waals surface area contributed by atoms with Gasteiger partial charge < -0.3 is 15.2 Å². The summed E-state index contributed by atoms with van der Waals surface area (Å²) in [5.74, 6) is 0. The van der Waals surface area contributed by atoms with Gasteiger partial charge in [-0.15, -0.1) is 0 Å². The Morgan fingerprint density at radius 3 is 2.44 bits per heavy atom. The highest BCUT2D eigenvalue weighted by Gasteiger charge is 2.38. The molecule has 0 fully saturated rings. The van der Waals surface area contributed by atoms with Crippen LogP contribution in [0.15, 0.2) is 16.9 Å². The fraction of sp³-hybridized carbons (Fsp3) is 0.750. The van der Waals surface area contributed by atoms with Gasteiger partial charge in [-0.3, -0.25) is 0 Å². The van der Waals surface area contributed by atoms with Crippen molar-refractivity contribution in [2.45, 2.75) is 91.2 Å². The molecule has 1 aliphatic heterocycles. The van der Waals surface area contributed by atoms with E-state index in [9.17, 15) is 14.7 Å². The Morgan fingerprint density at radius 2 is 1.85 bits per heavy atom. The molecule has 0 bridgehead atoms. The van der Waals surface area contributed by atoms with Gasteiger partial charge in [0.2, 0.25) is 6.34 Å². The minimum Gasteiger partial charge on any atom is -0.444 e. The van der Waals surface area contributed by atoms with E-state index in [2.05, 4.69) is 17.2 Å². The smallest absolute Gasteiger partial charge is 0.444 e. The highest BCUT2D eigenvalue weighted by atomic mass is 16.6. The van der Waals surface area contributed by atoms with Crippen LogP contribution in [0.25, 0.3) is 0 Å². The lowest BCUT2D eigenvalue weighted by molar-refractivity contribution is -0.701. The first kappa shape index (κ1) is 23.1. The molecule has 154 valence electrons. The molecule has 1 heterocycles. The standard InChI is InChI=1S/C20H35N3O4/c1-6-7-8-9-10-11-12-23(19(25)26)14-17(21-15-23)13-16(2)22-18(24)27-20(3,4)5/h14-16H,6-13H2,1-5H3,(H-,22,24,25,26)/p+1/t16-,23?/m1/s1. The van der Waals surface area contributed by atoms with E-state index in [0.29, 0.717) is 18.7 Å². The maximum absolute atomic E-state index is 11.8. The van der Waals surface area contributed by atoms with Crippen molar-refractivity contribution in [2.75, 3.05) is 6.54 Å². The van der Waals surface area contributed by atoms with Crippen molar-refractivity contribution < 1.29 is 23.9 Å². The van der Waals surface area contributed by atoms with E-state index < -0.39 is 17.8 Å². The van der Waals surface area contributed by atoms with E-state index >= 15 is 0 Å². The summed E-state index contributed by atoms with van der Waals surface area (Å²) < 4.78 is 4.98. The van der Waals surface area contributed by atoms with Crippen LogP contribution >= 0.6 is 0 Å². The molecular weight excluding hydrogens is 346 g/mol. The zero-order valence-electron chi connectivity index (χ0n) is 17.5. The van der Waals surface area contributed by atoms with Crippen LogP contribution in [0.3, 0.4) is 0 Å². The van der Waals surface area contributed by atoms with Crippen LogP contribution in [0.1, 0.15) is 79.6 Å². The zero-order chi connectivity index (χ0) is 20.5. The SMILES string of the molecule is CCCCCCCC[N+]1(C(=O)O)C=NC(C[C@@H](C)NC(=O)OC(C)(C)C)=C1. The average Bonchev–Trinajstić information content (AvgIpc) is 2.93. The van der Waals surface area contributed by atoms with Crippen LogP contribution < -0.4 is 5.32 Å². The third-order valence-corrected chi connectivity index (χ3v) is 4.33. The maximum Gasteiger partial charge on any atom is 0.524 e. The molecule has 0 saturated heterocycles. The van der Waals surface area contributed by atoms with Crippen LogP contribution in [-0.4, -0.2) is 46.3 Å². The summed E-state index contributed by atoms with van der Waals surface area (Å²) in [5.41, 5.74) is 0.119. The minimum atomic E-state index is -0.921. The summed E-state index contributed by atoms with van der Waals surface area (Å²) in [6, 6.07) is -0.203. The van der Waals surface area contributed by atoms with E-state index in [1.54, 1.807) is 6.20 Å². The lowest BCUT2D eigenvalue weighted by Gasteiger charge is -2.22. The van der Waals surface area contributed by atoms with Crippen LogP contribution in [0.2, 0.25) is 0 Å². The number of carbonyl (C=O) groups is 2.